The minimum Gasteiger partial charge on any atom is -0.427 e. The zero-order chi connectivity index (χ0) is 20.5. The van der Waals surface area contributed by atoms with Gasteiger partial charge in [0.15, 0.2) is 0 Å². The SMILES string of the molecule is CCCCCC(=O)Oc1ccc2cc(C3=CCC(CCCCC)CC3)ccc2c1. The molecular weight excluding hydrogens is 356 g/mol. The number of rotatable bonds is 10. The molecule has 2 heteroatoms. The fourth-order valence-electron chi connectivity index (χ4n) is 4.28. The van der Waals surface area contributed by atoms with Crippen LogP contribution in [-0.2, 0) is 4.79 Å². The minimum atomic E-state index is -0.129. The summed E-state index contributed by atoms with van der Waals surface area (Å²) in [5.74, 6) is 1.40. The van der Waals surface area contributed by atoms with E-state index in [1.807, 2.05) is 12.1 Å². The van der Waals surface area contributed by atoms with Crippen LogP contribution >= 0.6 is 0 Å². The molecule has 0 heterocycles. The molecule has 2 nitrogen and oxygen atoms in total. The minimum absolute atomic E-state index is 0.129. The van der Waals surface area contributed by atoms with Gasteiger partial charge in [0.2, 0.25) is 0 Å². The Labute approximate surface area is 176 Å². The monoisotopic (exact) mass is 392 g/mol. The largest absolute Gasteiger partial charge is 0.427 e. The summed E-state index contributed by atoms with van der Waals surface area (Å²) >= 11 is 0. The molecule has 1 aliphatic rings. The molecule has 0 fully saturated rings. The summed E-state index contributed by atoms with van der Waals surface area (Å²) in [5.41, 5.74) is 2.83. The van der Waals surface area contributed by atoms with Gasteiger partial charge in [0.25, 0.3) is 0 Å². The van der Waals surface area contributed by atoms with Crippen molar-refractivity contribution in [2.75, 3.05) is 0 Å². The molecule has 29 heavy (non-hydrogen) atoms. The third-order valence-corrected chi connectivity index (χ3v) is 6.13. The van der Waals surface area contributed by atoms with Crippen LogP contribution in [0.3, 0.4) is 0 Å². The third-order valence-electron chi connectivity index (χ3n) is 6.13. The number of carbonyl (C=O) groups excluding carboxylic acids is 1. The second-order valence-electron chi connectivity index (χ2n) is 8.52. The van der Waals surface area contributed by atoms with Crippen molar-refractivity contribution in [2.45, 2.75) is 84.5 Å². The van der Waals surface area contributed by atoms with Crippen LogP contribution in [0.15, 0.2) is 42.5 Å². The lowest BCUT2D eigenvalue weighted by molar-refractivity contribution is -0.134. The van der Waals surface area contributed by atoms with Gasteiger partial charge in [-0.1, -0.05) is 76.6 Å². The first-order valence-electron chi connectivity index (χ1n) is 11.6. The smallest absolute Gasteiger partial charge is 0.311 e. The second-order valence-corrected chi connectivity index (χ2v) is 8.52. The lowest BCUT2D eigenvalue weighted by atomic mass is 9.83. The van der Waals surface area contributed by atoms with Crippen LogP contribution in [-0.4, -0.2) is 5.97 Å². The lowest BCUT2D eigenvalue weighted by Crippen LogP contribution is -2.07. The van der Waals surface area contributed by atoms with Gasteiger partial charge in [-0.2, -0.15) is 0 Å². The zero-order valence-electron chi connectivity index (χ0n) is 18.2. The van der Waals surface area contributed by atoms with Gasteiger partial charge in [0.1, 0.15) is 5.75 Å². The molecule has 0 bridgehead atoms. The van der Waals surface area contributed by atoms with Crippen molar-refractivity contribution in [3.8, 4) is 5.75 Å². The molecule has 0 radical (unpaired) electrons. The summed E-state index contributed by atoms with van der Waals surface area (Å²) in [7, 11) is 0. The summed E-state index contributed by atoms with van der Waals surface area (Å²) in [6.07, 6.45) is 15.2. The first kappa shape index (κ1) is 21.6. The highest BCUT2D eigenvalue weighted by molar-refractivity contribution is 5.88. The normalized spacial score (nSPS) is 16.6. The second kappa shape index (κ2) is 11.2. The van der Waals surface area contributed by atoms with E-state index >= 15 is 0 Å². The fourth-order valence-corrected chi connectivity index (χ4v) is 4.28. The number of allylic oxidation sites excluding steroid dienone is 2. The van der Waals surface area contributed by atoms with Gasteiger partial charge < -0.3 is 4.74 Å². The topological polar surface area (TPSA) is 26.3 Å². The van der Waals surface area contributed by atoms with E-state index in [2.05, 4.69) is 44.2 Å². The van der Waals surface area contributed by atoms with Crippen molar-refractivity contribution in [2.24, 2.45) is 5.92 Å². The van der Waals surface area contributed by atoms with Gasteiger partial charge in [0.05, 0.1) is 0 Å². The van der Waals surface area contributed by atoms with E-state index in [0.29, 0.717) is 12.2 Å². The van der Waals surface area contributed by atoms with Crippen LogP contribution in [0.4, 0.5) is 0 Å². The lowest BCUT2D eigenvalue weighted by Gasteiger charge is -2.22. The average molecular weight is 393 g/mol. The number of benzene rings is 2. The Balaban J connectivity index is 1.61. The van der Waals surface area contributed by atoms with Gasteiger partial charge in [-0.3, -0.25) is 4.79 Å². The summed E-state index contributed by atoms with van der Waals surface area (Å²) in [5, 5.41) is 2.33. The Kier molecular flexibility index (Phi) is 8.34. The van der Waals surface area contributed by atoms with Crippen molar-refractivity contribution < 1.29 is 9.53 Å². The van der Waals surface area contributed by atoms with Gasteiger partial charge in [0, 0.05) is 6.42 Å². The molecule has 156 valence electrons. The van der Waals surface area contributed by atoms with Crippen LogP contribution in [0.2, 0.25) is 0 Å². The number of esters is 1. The van der Waals surface area contributed by atoms with Crippen LogP contribution in [0.5, 0.6) is 5.75 Å². The third kappa shape index (κ3) is 6.45. The molecule has 1 unspecified atom stereocenters. The number of unbranched alkanes of at least 4 members (excludes halogenated alkanes) is 4. The molecule has 0 saturated heterocycles. The van der Waals surface area contributed by atoms with Crippen LogP contribution < -0.4 is 4.74 Å². The Morgan fingerprint density at radius 3 is 2.48 bits per heavy atom. The Hall–Kier alpha value is -2.09. The Bertz CT molecular complexity index is 834. The zero-order valence-corrected chi connectivity index (χ0v) is 18.2. The van der Waals surface area contributed by atoms with E-state index in [1.165, 1.54) is 61.5 Å². The summed E-state index contributed by atoms with van der Waals surface area (Å²) < 4.78 is 5.52. The van der Waals surface area contributed by atoms with E-state index in [9.17, 15) is 4.79 Å². The highest BCUT2D eigenvalue weighted by atomic mass is 16.5. The molecule has 0 spiro atoms. The maximum absolute atomic E-state index is 12.0. The molecule has 0 saturated carbocycles. The summed E-state index contributed by atoms with van der Waals surface area (Å²) in [6, 6.07) is 12.6. The number of hydrogen-bond donors (Lipinski definition) is 0. The van der Waals surface area contributed by atoms with Crippen molar-refractivity contribution in [3.05, 3.63) is 48.0 Å². The summed E-state index contributed by atoms with van der Waals surface area (Å²) in [4.78, 5) is 12.0. The van der Waals surface area contributed by atoms with Gasteiger partial charge >= 0.3 is 5.97 Å². The van der Waals surface area contributed by atoms with E-state index in [4.69, 9.17) is 4.74 Å². The van der Waals surface area contributed by atoms with Crippen molar-refractivity contribution in [1.82, 2.24) is 0 Å². The molecular formula is C27H36O2. The summed E-state index contributed by atoms with van der Waals surface area (Å²) in [6.45, 7) is 4.41. The molecule has 1 atom stereocenters. The highest BCUT2D eigenvalue weighted by Gasteiger charge is 2.15. The predicted octanol–water partition coefficient (Wildman–Crippen LogP) is 8.09. The molecule has 3 rings (SSSR count). The maximum atomic E-state index is 12.0. The van der Waals surface area contributed by atoms with Crippen molar-refractivity contribution in [3.63, 3.8) is 0 Å². The van der Waals surface area contributed by atoms with Crippen LogP contribution in [0.1, 0.15) is 90.0 Å². The van der Waals surface area contributed by atoms with E-state index in [0.717, 1.165) is 30.6 Å². The van der Waals surface area contributed by atoms with Crippen LogP contribution in [0, 0.1) is 5.92 Å². The van der Waals surface area contributed by atoms with E-state index < -0.39 is 0 Å². The quantitative estimate of drug-likeness (QED) is 0.232. The molecule has 0 aliphatic heterocycles. The molecule has 2 aromatic carbocycles. The fraction of sp³-hybridized carbons (Fsp3) is 0.519. The predicted molar refractivity (Wildman–Crippen MR) is 123 cm³/mol. The first-order valence-corrected chi connectivity index (χ1v) is 11.6. The van der Waals surface area contributed by atoms with Gasteiger partial charge in [-0.05, 0) is 71.7 Å². The van der Waals surface area contributed by atoms with Crippen molar-refractivity contribution in [1.29, 1.82) is 0 Å². The van der Waals surface area contributed by atoms with Crippen molar-refractivity contribution >= 4 is 22.3 Å². The number of ether oxygens (including phenoxy) is 1. The number of hydrogen-bond acceptors (Lipinski definition) is 2. The number of carbonyl (C=O) groups is 1. The van der Waals surface area contributed by atoms with Gasteiger partial charge in [-0.15, -0.1) is 0 Å². The first-order chi connectivity index (χ1) is 14.2. The number of fused-ring (bicyclic) bond motifs is 1. The Morgan fingerprint density at radius 1 is 0.966 bits per heavy atom. The van der Waals surface area contributed by atoms with Crippen LogP contribution in [0.25, 0.3) is 16.3 Å². The Morgan fingerprint density at radius 2 is 1.72 bits per heavy atom. The van der Waals surface area contributed by atoms with Gasteiger partial charge in [-0.25, -0.2) is 0 Å². The van der Waals surface area contributed by atoms with E-state index in [1.54, 1.807) is 0 Å². The molecule has 0 amide bonds. The molecule has 0 aromatic heterocycles. The molecule has 1 aliphatic carbocycles. The molecule has 2 aromatic rings. The standard InChI is InChI=1S/C27H36O2/c1-3-5-7-9-21-11-13-22(14-12-21)23-15-16-25-20-26(18-17-24(25)19-23)29-27(28)10-8-6-4-2/h13,15-21H,3-12,14H2,1-2H3. The maximum Gasteiger partial charge on any atom is 0.311 e. The highest BCUT2D eigenvalue weighted by Crippen LogP contribution is 2.34. The van der Waals surface area contributed by atoms with E-state index in [-0.39, 0.29) is 5.97 Å². The average Bonchev–Trinajstić information content (AvgIpc) is 2.74. The molecule has 0 N–H and O–H groups in total.